The van der Waals surface area contributed by atoms with Gasteiger partial charge in [-0.05, 0) is 19.4 Å². The maximum Gasteiger partial charge on any atom is 0.0990 e. The van der Waals surface area contributed by atoms with E-state index in [4.69, 9.17) is 5.26 Å². The van der Waals surface area contributed by atoms with Crippen LogP contribution in [0.3, 0.4) is 0 Å². The van der Waals surface area contributed by atoms with Crippen molar-refractivity contribution in [2.24, 2.45) is 0 Å². The molecule has 0 bridgehead atoms. The van der Waals surface area contributed by atoms with Crippen LogP contribution in [0.4, 0.5) is 0 Å². The Labute approximate surface area is 49.9 Å². The Bertz CT molecular complexity index is 158. The summed E-state index contributed by atoms with van der Waals surface area (Å²) in [6.45, 7) is 7.25. The molecule has 0 aromatic heterocycles. The molecule has 0 N–H and O–H groups in total. The molecule has 0 saturated heterocycles. The highest BCUT2D eigenvalue weighted by Crippen LogP contribution is 2.02. The van der Waals surface area contributed by atoms with Gasteiger partial charge in [-0.2, -0.15) is 5.26 Å². The van der Waals surface area contributed by atoms with E-state index in [1.165, 1.54) is 0 Å². The first-order valence-electron chi connectivity index (χ1n) is 2.44. The molecule has 0 aliphatic rings. The summed E-state index contributed by atoms with van der Waals surface area (Å²) in [6, 6.07) is 2.01. The molecule has 1 heteroatoms. The first-order valence-corrected chi connectivity index (χ1v) is 2.44. The van der Waals surface area contributed by atoms with Crippen LogP contribution in [0.2, 0.25) is 0 Å². The number of rotatable bonds is 1. The van der Waals surface area contributed by atoms with Gasteiger partial charge < -0.3 is 0 Å². The van der Waals surface area contributed by atoms with Crippen molar-refractivity contribution >= 4 is 0 Å². The predicted molar refractivity (Wildman–Crippen MR) is 34.2 cm³/mol. The highest BCUT2D eigenvalue weighted by molar-refractivity contribution is 5.37. The van der Waals surface area contributed by atoms with Gasteiger partial charge in [0.2, 0.25) is 0 Å². The van der Waals surface area contributed by atoms with Crippen LogP contribution in [0.1, 0.15) is 13.8 Å². The van der Waals surface area contributed by atoms with Crippen molar-refractivity contribution in [2.75, 3.05) is 0 Å². The standard InChI is InChI=1S/C7H9N/c1-4-7(5-8)6(2)3/h4H,2H2,1,3H3/b7-4+. The Balaban J connectivity index is 4.20. The van der Waals surface area contributed by atoms with Crippen molar-refractivity contribution in [1.82, 2.24) is 0 Å². The lowest BCUT2D eigenvalue weighted by molar-refractivity contribution is 1.40. The number of nitrogens with zero attached hydrogens (tertiary/aromatic N) is 1. The highest BCUT2D eigenvalue weighted by Gasteiger charge is 1.89. The summed E-state index contributed by atoms with van der Waals surface area (Å²) in [4.78, 5) is 0. The molecule has 0 fully saturated rings. The zero-order valence-corrected chi connectivity index (χ0v) is 5.23. The summed E-state index contributed by atoms with van der Waals surface area (Å²) in [6.07, 6.45) is 1.75. The summed E-state index contributed by atoms with van der Waals surface area (Å²) in [5, 5.41) is 8.32. The number of hydrogen-bond donors (Lipinski definition) is 0. The van der Waals surface area contributed by atoms with Gasteiger partial charge in [-0.25, -0.2) is 0 Å². The first kappa shape index (κ1) is 6.97. The van der Waals surface area contributed by atoms with Gasteiger partial charge in [-0.15, -0.1) is 0 Å². The number of allylic oxidation sites excluding steroid dienone is 3. The molecule has 0 aliphatic carbocycles. The molecule has 8 heavy (non-hydrogen) atoms. The first-order chi connectivity index (χ1) is 3.72. The number of nitriles is 1. The maximum atomic E-state index is 8.32. The van der Waals surface area contributed by atoms with E-state index in [1.807, 2.05) is 19.9 Å². The SMILES string of the molecule is C=C(C)/C(C#N)=C/C. The molecule has 0 aliphatic heterocycles. The highest BCUT2D eigenvalue weighted by atomic mass is 14.2. The van der Waals surface area contributed by atoms with Gasteiger partial charge in [0.05, 0.1) is 11.6 Å². The zero-order chi connectivity index (χ0) is 6.57. The van der Waals surface area contributed by atoms with E-state index in [2.05, 4.69) is 6.58 Å². The fourth-order valence-corrected chi connectivity index (χ4v) is 0.406. The molecule has 0 heterocycles. The van der Waals surface area contributed by atoms with E-state index in [0.717, 1.165) is 5.57 Å². The molecule has 0 rings (SSSR count). The molecule has 0 amide bonds. The number of hydrogen-bond acceptors (Lipinski definition) is 1. The van der Waals surface area contributed by atoms with Crippen LogP contribution in [-0.4, -0.2) is 0 Å². The normalized spacial score (nSPS) is 10.4. The lowest BCUT2D eigenvalue weighted by Crippen LogP contribution is -1.75. The minimum absolute atomic E-state index is 0.671. The minimum Gasteiger partial charge on any atom is -0.192 e. The average molecular weight is 107 g/mol. The Morgan fingerprint density at radius 1 is 1.75 bits per heavy atom. The van der Waals surface area contributed by atoms with Crippen molar-refractivity contribution in [3.63, 3.8) is 0 Å². The van der Waals surface area contributed by atoms with Crippen LogP contribution in [-0.2, 0) is 0 Å². The second-order valence-corrected chi connectivity index (χ2v) is 1.59. The third-order valence-electron chi connectivity index (χ3n) is 0.869. The molecule has 0 aromatic rings. The molecule has 42 valence electrons. The van der Waals surface area contributed by atoms with Crippen LogP contribution in [0.15, 0.2) is 23.8 Å². The van der Waals surface area contributed by atoms with Gasteiger partial charge in [-0.3, -0.25) is 0 Å². The van der Waals surface area contributed by atoms with Crippen LogP contribution < -0.4 is 0 Å². The summed E-state index contributed by atoms with van der Waals surface area (Å²) in [7, 11) is 0. The monoisotopic (exact) mass is 107 g/mol. The van der Waals surface area contributed by atoms with Gasteiger partial charge in [-0.1, -0.05) is 12.7 Å². The van der Waals surface area contributed by atoms with Crippen LogP contribution >= 0.6 is 0 Å². The summed E-state index contributed by atoms with van der Waals surface area (Å²) in [5.74, 6) is 0. The third-order valence-corrected chi connectivity index (χ3v) is 0.869. The van der Waals surface area contributed by atoms with Gasteiger partial charge in [0.15, 0.2) is 0 Å². The van der Waals surface area contributed by atoms with E-state index in [0.29, 0.717) is 5.57 Å². The van der Waals surface area contributed by atoms with Crippen LogP contribution in [0.5, 0.6) is 0 Å². The molecule has 0 saturated carbocycles. The lowest BCUT2D eigenvalue weighted by Gasteiger charge is -1.88. The van der Waals surface area contributed by atoms with Gasteiger partial charge in [0.25, 0.3) is 0 Å². The Hall–Kier alpha value is -1.03. The smallest absolute Gasteiger partial charge is 0.0990 e. The summed E-state index contributed by atoms with van der Waals surface area (Å²) >= 11 is 0. The molecule has 0 aromatic carbocycles. The molecule has 1 nitrogen and oxygen atoms in total. The Kier molecular flexibility index (Phi) is 2.64. The van der Waals surface area contributed by atoms with E-state index in [-0.39, 0.29) is 0 Å². The summed E-state index contributed by atoms with van der Waals surface area (Å²) in [5.41, 5.74) is 1.50. The third kappa shape index (κ3) is 1.61. The van der Waals surface area contributed by atoms with Crippen LogP contribution in [0.25, 0.3) is 0 Å². The summed E-state index contributed by atoms with van der Waals surface area (Å²) < 4.78 is 0. The lowest BCUT2D eigenvalue weighted by atomic mass is 10.1. The van der Waals surface area contributed by atoms with E-state index in [1.54, 1.807) is 6.08 Å². The van der Waals surface area contributed by atoms with Crippen molar-refractivity contribution in [3.05, 3.63) is 23.8 Å². The van der Waals surface area contributed by atoms with Gasteiger partial charge in [0, 0.05) is 0 Å². The van der Waals surface area contributed by atoms with Crippen molar-refractivity contribution in [2.45, 2.75) is 13.8 Å². The maximum absolute atomic E-state index is 8.32. The van der Waals surface area contributed by atoms with Crippen LogP contribution in [0, 0.1) is 11.3 Å². The second-order valence-electron chi connectivity index (χ2n) is 1.59. The Morgan fingerprint density at radius 3 is 2.25 bits per heavy atom. The minimum atomic E-state index is 0.671. The van der Waals surface area contributed by atoms with Crippen molar-refractivity contribution in [1.29, 1.82) is 5.26 Å². The van der Waals surface area contributed by atoms with Crippen molar-refractivity contribution < 1.29 is 0 Å². The molecule has 0 radical (unpaired) electrons. The quantitative estimate of drug-likeness (QED) is 0.371. The predicted octanol–water partition coefficient (Wildman–Crippen LogP) is 2.03. The average Bonchev–Trinajstić information content (AvgIpc) is 1.69. The fourth-order valence-electron chi connectivity index (χ4n) is 0.406. The van der Waals surface area contributed by atoms with Crippen molar-refractivity contribution in [3.8, 4) is 6.07 Å². The van der Waals surface area contributed by atoms with Gasteiger partial charge in [0.1, 0.15) is 0 Å². The molecule has 0 spiro atoms. The molecule has 0 unspecified atom stereocenters. The Morgan fingerprint density at radius 2 is 2.25 bits per heavy atom. The molecular formula is C7H9N. The van der Waals surface area contributed by atoms with E-state index < -0.39 is 0 Å². The molecular weight excluding hydrogens is 98.1 g/mol. The zero-order valence-electron chi connectivity index (χ0n) is 5.23. The fraction of sp³-hybridized carbons (Fsp3) is 0.286. The second kappa shape index (κ2) is 3.04. The van der Waals surface area contributed by atoms with E-state index in [9.17, 15) is 0 Å². The largest absolute Gasteiger partial charge is 0.192 e. The van der Waals surface area contributed by atoms with Gasteiger partial charge >= 0.3 is 0 Å². The molecule has 0 atom stereocenters. The topological polar surface area (TPSA) is 23.8 Å². The van der Waals surface area contributed by atoms with E-state index >= 15 is 0 Å².